The topological polar surface area (TPSA) is 106 Å². The molecule has 0 spiro atoms. The number of hydrogen-bond donors (Lipinski definition) is 2. The molecule has 0 saturated carbocycles. The van der Waals surface area contributed by atoms with E-state index in [0.29, 0.717) is 30.6 Å². The summed E-state index contributed by atoms with van der Waals surface area (Å²) in [6, 6.07) is 3.22. The maximum Gasteiger partial charge on any atom is 0.243 e. The zero-order chi connectivity index (χ0) is 15.8. The van der Waals surface area contributed by atoms with E-state index in [4.69, 9.17) is 11.5 Å². The first-order chi connectivity index (χ1) is 9.73. The standard InChI is InChI=1S/C14H21N3O3S/c1-9-6-12(15)7-13(10(9)2)21(19,20)17-5-3-4-11(8-17)14(16)18/h6-7,11H,3-5,8,15H2,1-2H3,(H2,16,18). The Morgan fingerprint density at radius 2 is 2.00 bits per heavy atom. The third kappa shape index (κ3) is 3.03. The zero-order valence-electron chi connectivity index (χ0n) is 12.3. The maximum atomic E-state index is 12.8. The maximum absolute atomic E-state index is 12.8. The van der Waals surface area contributed by atoms with Crippen molar-refractivity contribution in [3.05, 3.63) is 23.3 Å². The molecule has 2 rings (SSSR count). The molecule has 1 amide bonds. The second-order valence-corrected chi connectivity index (χ2v) is 7.47. The normalized spacial score (nSPS) is 20.4. The van der Waals surface area contributed by atoms with Crippen LogP contribution in [0.25, 0.3) is 0 Å². The van der Waals surface area contributed by atoms with Gasteiger partial charge in [0.15, 0.2) is 0 Å². The van der Waals surface area contributed by atoms with Crippen LogP contribution in [0.1, 0.15) is 24.0 Å². The number of carbonyl (C=O) groups excluding carboxylic acids is 1. The average Bonchev–Trinajstić information content (AvgIpc) is 2.42. The average molecular weight is 311 g/mol. The number of piperidine rings is 1. The van der Waals surface area contributed by atoms with Crippen LogP contribution in [-0.2, 0) is 14.8 Å². The summed E-state index contributed by atoms with van der Waals surface area (Å²) in [5.41, 5.74) is 13.0. The Hall–Kier alpha value is -1.60. The lowest BCUT2D eigenvalue weighted by molar-refractivity contribution is -0.122. The second-order valence-electron chi connectivity index (χ2n) is 5.57. The smallest absolute Gasteiger partial charge is 0.243 e. The monoisotopic (exact) mass is 311 g/mol. The van der Waals surface area contributed by atoms with Crippen LogP contribution in [0, 0.1) is 19.8 Å². The van der Waals surface area contributed by atoms with E-state index in [0.717, 1.165) is 5.56 Å². The van der Waals surface area contributed by atoms with Gasteiger partial charge in [-0.15, -0.1) is 0 Å². The SMILES string of the molecule is Cc1cc(N)cc(S(=O)(=O)N2CCCC(C(N)=O)C2)c1C. The van der Waals surface area contributed by atoms with E-state index < -0.39 is 21.8 Å². The van der Waals surface area contributed by atoms with Crippen LogP contribution in [0.15, 0.2) is 17.0 Å². The van der Waals surface area contributed by atoms with E-state index in [9.17, 15) is 13.2 Å². The van der Waals surface area contributed by atoms with E-state index in [1.165, 1.54) is 10.4 Å². The molecule has 1 fully saturated rings. The fourth-order valence-electron chi connectivity index (χ4n) is 2.65. The quantitative estimate of drug-likeness (QED) is 0.804. The zero-order valence-corrected chi connectivity index (χ0v) is 13.1. The lowest BCUT2D eigenvalue weighted by Crippen LogP contribution is -2.44. The highest BCUT2D eigenvalue weighted by Crippen LogP contribution is 2.28. The summed E-state index contributed by atoms with van der Waals surface area (Å²) in [5.74, 6) is -0.869. The molecule has 0 radical (unpaired) electrons. The molecule has 0 aliphatic carbocycles. The van der Waals surface area contributed by atoms with Crippen molar-refractivity contribution in [1.82, 2.24) is 4.31 Å². The van der Waals surface area contributed by atoms with Crippen LogP contribution < -0.4 is 11.5 Å². The van der Waals surface area contributed by atoms with Gasteiger partial charge in [-0.3, -0.25) is 4.79 Å². The van der Waals surface area contributed by atoms with Crippen molar-refractivity contribution in [3.63, 3.8) is 0 Å². The van der Waals surface area contributed by atoms with E-state index in [1.54, 1.807) is 13.0 Å². The van der Waals surface area contributed by atoms with Crippen LogP contribution in [-0.4, -0.2) is 31.7 Å². The third-order valence-corrected chi connectivity index (χ3v) is 6.04. The number of carbonyl (C=O) groups is 1. The Morgan fingerprint density at radius 1 is 1.33 bits per heavy atom. The van der Waals surface area contributed by atoms with Crippen LogP contribution in [0.5, 0.6) is 0 Å². The molecule has 0 bridgehead atoms. The van der Waals surface area contributed by atoms with Gasteiger partial charge in [-0.1, -0.05) is 0 Å². The van der Waals surface area contributed by atoms with Crippen molar-refractivity contribution >= 4 is 21.6 Å². The van der Waals surface area contributed by atoms with Gasteiger partial charge < -0.3 is 11.5 Å². The number of nitrogen functional groups attached to an aromatic ring is 1. The summed E-state index contributed by atoms with van der Waals surface area (Å²) in [4.78, 5) is 11.5. The van der Waals surface area contributed by atoms with Crippen LogP contribution in [0.3, 0.4) is 0 Å². The molecular formula is C14H21N3O3S. The summed E-state index contributed by atoms with van der Waals surface area (Å²) in [6.45, 7) is 4.13. The molecule has 1 heterocycles. The number of aryl methyl sites for hydroxylation is 1. The van der Waals surface area contributed by atoms with E-state index >= 15 is 0 Å². The van der Waals surface area contributed by atoms with E-state index in [-0.39, 0.29) is 11.4 Å². The highest BCUT2D eigenvalue weighted by atomic mass is 32.2. The van der Waals surface area contributed by atoms with Crippen molar-refractivity contribution in [2.75, 3.05) is 18.8 Å². The van der Waals surface area contributed by atoms with Gasteiger partial charge in [0.2, 0.25) is 15.9 Å². The minimum atomic E-state index is -3.66. The van der Waals surface area contributed by atoms with Gasteiger partial charge in [-0.05, 0) is 49.9 Å². The lowest BCUT2D eigenvalue weighted by Gasteiger charge is -2.31. The summed E-state index contributed by atoms with van der Waals surface area (Å²) in [6.07, 6.45) is 1.27. The Balaban J connectivity index is 2.40. The molecule has 1 aromatic carbocycles. The predicted octanol–water partition coefficient (Wildman–Crippen LogP) is 0.772. The van der Waals surface area contributed by atoms with Crippen molar-refractivity contribution in [2.45, 2.75) is 31.6 Å². The van der Waals surface area contributed by atoms with Gasteiger partial charge in [0, 0.05) is 18.8 Å². The Bertz CT molecular complexity index is 670. The predicted molar refractivity (Wildman–Crippen MR) is 81.0 cm³/mol. The number of amides is 1. The van der Waals surface area contributed by atoms with Crippen LogP contribution in [0.4, 0.5) is 5.69 Å². The minimum Gasteiger partial charge on any atom is -0.399 e. The van der Waals surface area contributed by atoms with Crippen LogP contribution >= 0.6 is 0 Å². The van der Waals surface area contributed by atoms with Crippen molar-refractivity contribution in [3.8, 4) is 0 Å². The minimum absolute atomic E-state index is 0.144. The number of rotatable bonds is 3. The van der Waals surface area contributed by atoms with Gasteiger partial charge in [-0.2, -0.15) is 4.31 Å². The molecule has 1 aliphatic rings. The number of benzene rings is 1. The first kappa shape index (κ1) is 15.8. The van der Waals surface area contributed by atoms with Crippen molar-refractivity contribution in [2.24, 2.45) is 11.7 Å². The molecule has 1 aliphatic heterocycles. The molecule has 6 nitrogen and oxygen atoms in total. The first-order valence-corrected chi connectivity index (χ1v) is 8.33. The lowest BCUT2D eigenvalue weighted by atomic mass is 9.99. The fraction of sp³-hybridized carbons (Fsp3) is 0.500. The van der Waals surface area contributed by atoms with Crippen molar-refractivity contribution < 1.29 is 13.2 Å². The fourth-order valence-corrected chi connectivity index (χ4v) is 4.51. The van der Waals surface area contributed by atoms with Gasteiger partial charge in [0.25, 0.3) is 0 Å². The number of nitrogens with two attached hydrogens (primary N) is 2. The number of nitrogens with zero attached hydrogens (tertiary/aromatic N) is 1. The number of primary amides is 1. The van der Waals surface area contributed by atoms with Crippen molar-refractivity contribution in [1.29, 1.82) is 0 Å². The molecule has 1 unspecified atom stereocenters. The first-order valence-electron chi connectivity index (χ1n) is 6.89. The molecular weight excluding hydrogens is 290 g/mol. The summed E-state index contributed by atoms with van der Waals surface area (Å²) in [5, 5.41) is 0. The summed E-state index contributed by atoms with van der Waals surface area (Å²) >= 11 is 0. The van der Waals surface area contributed by atoms with Gasteiger partial charge >= 0.3 is 0 Å². The largest absolute Gasteiger partial charge is 0.399 e. The third-order valence-electron chi connectivity index (χ3n) is 4.05. The Morgan fingerprint density at radius 3 is 2.62 bits per heavy atom. The van der Waals surface area contributed by atoms with Gasteiger partial charge in [-0.25, -0.2) is 8.42 Å². The van der Waals surface area contributed by atoms with Gasteiger partial charge in [0.05, 0.1) is 10.8 Å². The highest BCUT2D eigenvalue weighted by molar-refractivity contribution is 7.89. The molecule has 1 atom stereocenters. The number of anilines is 1. The molecule has 0 aromatic heterocycles. The molecule has 1 aromatic rings. The Kier molecular flexibility index (Phi) is 4.25. The van der Waals surface area contributed by atoms with E-state index in [1.807, 2.05) is 6.92 Å². The van der Waals surface area contributed by atoms with Crippen LogP contribution in [0.2, 0.25) is 0 Å². The summed E-state index contributed by atoms with van der Waals surface area (Å²) < 4.78 is 26.9. The van der Waals surface area contributed by atoms with Gasteiger partial charge in [0.1, 0.15) is 0 Å². The number of hydrogen-bond acceptors (Lipinski definition) is 4. The highest BCUT2D eigenvalue weighted by Gasteiger charge is 2.33. The molecule has 116 valence electrons. The Labute approximate surface area is 125 Å². The molecule has 21 heavy (non-hydrogen) atoms. The molecule has 1 saturated heterocycles. The summed E-state index contributed by atoms with van der Waals surface area (Å²) in [7, 11) is -3.66. The second kappa shape index (κ2) is 5.65. The number of sulfonamides is 1. The molecule has 7 heteroatoms. The molecule has 4 N–H and O–H groups in total. The van der Waals surface area contributed by atoms with E-state index in [2.05, 4.69) is 0 Å².